The van der Waals surface area contributed by atoms with Crippen molar-refractivity contribution in [3.63, 3.8) is 0 Å². The molecule has 1 amide bonds. The molecule has 172 valence electrons. The summed E-state index contributed by atoms with van der Waals surface area (Å²) >= 11 is 0. The summed E-state index contributed by atoms with van der Waals surface area (Å²) in [5, 5.41) is 16.7. The van der Waals surface area contributed by atoms with Gasteiger partial charge in [-0.3, -0.25) is 4.79 Å². The fraction of sp³-hybridized carbons (Fsp3) is 0.583. The van der Waals surface area contributed by atoms with Gasteiger partial charge in [0.2, 0.25) is 5.91 Å². The first-order valence-electron chi connectivity index (χ1n) is 11.2. The number of nitrogens with one attached hydrogen (secondary N) is 2. The Bertz CT molecular complexity index is 1040. The molecule has 1 aliphatic heterocycles. The van der Waals surface area contributed by atoms with Crippen LogP contribution in [-0.4, -0.2) is 47.5 Å². The van der Waals surface area contributed by atoms with Crippen LogP contribution >= 0.6 is 0 Å². The molecule has 3 rings (SSSR count). The van der Waals surface area contributed by atoms with Crippen LogP contribution in [0.3, 0.4) is 0 Å². The van der Waals surface area contributed by atoms with Crippen molar-refractivity contribution in [3.8, 4) is 6.07 Å². The number of hydrogen-bond donors (Lipinski definition) is 2. The van der Waals surface area contributed by atoms with E-state index in [2.05, 4.69) is 47.4 Å². The van der Waals surface area contributed by atoms with Crippen LogP contribution in [0.5, 0.6) is 0 Å². The summed E-state index contributed by atoms with van der Waals surface area (Å²) in [6.07, 6.45) is 3.47. The molecule has 1 fully saturated rings. The summed E-state index contributed by atoms with van der Waals surface area (Å²) in [6, 6.07) is 8.81. The number of likely N-dealkylation sites (tertiary alicyclic amines) is 1. The number of para-hydroxylation sites is 1. The number of carbonyl (C=O) groups excluding carboxylic acids is 1. The molecule has 2 heterocycles. The minimum absolute atomic E-state index is 0.140. The smallest absolute Gasteiger partial charge is 0.408 e. The Hall–Kier alpha value is -2.92. The van der Waals surface area contributed by atoms with E-state index in [0.717, 1.165) is 25.9 Å². The summed E-state index contributed by atoms with van der Waals surface area (Å²) in [7, 11) is 2.01. The number of piperidine rings is 1. The highest BCUT2D eigenvalue weighted by molar-refractivity contribution is 5.91. The van der Waals surface area contributed by atoms with Gasteiger partial charge in [-0.2, -0.15) is 10.2 Å². The number of amides is 1. The highest BCUT2D eigenvalue weighted by Gasteiger charge is 2.37. The van der Waals surface area contributed by atoms with Crippen molar-refractivity contribution in [2.45, 2.75) is 64.5 Å². The summed E-state index contributed by atoms with van der Waals surface area (Å²) in [5.74, 6) is -0.643. The maximum atomic E-state index is 13.4. The van der Waals surface area contributed by atoms with Crippen LogP contribution in [-0.2, 0) is 4.79 Å². The van der Waals surface area contributed by atoms with Crippen LogP contribution in [0.1, 0.15) is 52.9 Å². The third-order valence-electron chi connectivity index (χ3n) is 6.01. The van der Waals surface area contributed by atoms with E-state index in [1.54, 1.807) is 18.2 Å². The van der Waals surface area contributed by atoms with Gasteiger partial charge in [0.15, 0.2) is 0 Å². The van der Waals surface area contributed by atoms with Gasteiger partial charge < -0.3 is 20.0 Å². The zero-order valence-corrected chi connectivity index (χ0v) is 19.4. The molecule has 0 radical (unpaired) electrons. The Kier molecular flexibility index (Phi) is 7.19. The Labute approximate surface area is 189 Å². The molecule has 1 saturated heterocycles. The lowest BCUT2D eigenvalue weighted by Crippen LogP contribution is -2.57. The molecule has 0 aliphatic carbocycles. The van der Waals surface area contributed by atoms with E-state index < -0.39 is 17.3 Å². The van der Waals surface area contributed by atoms with Crippen LogP contribution in [0.25, 0.3) is 11.0 Å². The lowest BCUT2D eigenvalue weighted by atomic mass is 9.87. The van der Waals surface area contributed by atoms with Crippen molar-refractivity contribution in [2.75, 3.05) is 25.5 Å². The largest absolute Gasteiger partial charge is 0.441 e. The first-order valence-corrected chi connectivity index (χ1v) is 11.2. The average Bonchev–Trinajstić information content (AvgIpc) is 2.73. The molecule has 1 aliphatic rings. The Morgan fingerprint density at radius 3 is 2.66 bits per heavy atom. The lowest BCUT2D eigenvalue weighted by molar-refractivity contribution is -0.123. The highest BCUT2D eigenvalue weighted by Crippen LogP contribution is 2.26. The molecule has 1 aromatic carbocycles. The zero-order valence-electron chi connectivity index (χ0n) is 19.4. The molecule has 0 spiro atoms. The average molecular weight is 440 g/mol. The van der Waals surface area contributed by atoms with Crippen LogP contribution in [0.4, 0.5) is 5.82 Å². The van der Waals surface area contributed by atoms with Gasteiger partial charge in [0.25, 0.3) is 0 Å². The maximum Gasteiger partial charge on any atom is 0.441 e. The first-order chi connectivity index (χ1) is 15.1. The van der Waals surface area contributed by atoms with Gasteiger partial charge >= 0.3 is 5.76 Å². The van der Waals surface area contributed by atoms with Crippen LogP contribution in [0, 0.1) is 16.7 Å². The molecule has 1 atom stereocenters. The van der Waals surface area contributed by atoms with Crippen LogP contribution in [0.2, 0.25) is 0 Å². The van der Waals surface area contributed by atoms with E-state index in [0.29, 0.717) is 36.0 Å². The second-order valence-corrected chi connectivity index (χ2v) is 9.96. The van der Waals surface area contributed by atoms with Gasteiger partial charge in [0, 0.05) is 13.1 Å². The number of carbonyl (C=O) groups is 1. The lowest BCUT2D eigenvalue weighted by Gasteiger charge is -2.37. The summed E-state index contributed by atoms with van der Waals surface area (Å²) in [6.45, 7) is 7.99. The third kappa shape index (κ3) is 6.07. The van der Waals surface area contributed by atoms with Gasteiger partial charge in [-0.05, 0) is 50.3 Å². The fourth-order valence-electron chi connectivity index (χ4n) is 3.99. The standard InChI is InChI=1S/C24H33N5O3/c1-23(2,3)11-7-9-18(21(30)28-24(16-25)12-14-29(4)15-13-24)26-20-17-8-5-6-10-19(17)32-22(31)27-20/h5-6,8,10,18H,7,9,11-15H2,1-4H3,(H,28,30)(H,26,27,31). The minimum Gasteiger partial charge on any atom is -0.408 e. The number of nitriles is 1. The van der Waals surface area contributed by atoms with E-state index in [1.165, 1.54) is 0 Å². The van der Waals surface area contributed by atoms with Crippen molar-refractivity contribution in [3.05, 3.63) is 34.8 Å². The Morgan fingerprint density at radius 1 is 1.31 bits per heavy atom. The molecule has 2 N–H and O–H groups in total. The Balaban J connectivity index is 1.84. The molecule has 2 aromatic rings. The molecular formula is C24H33N5O3. The van der Waals surface area contributed by atoms with Crippen molar-refractivity contribution in [1.29, 1.82) is 5.26 Å². The highest BCUT2D eigenvalue weighted by atomic mass is 16.4. The predicted molar refractivity (Wildman–Crippen MR) is 124 cm³/mol. The topological polar surface area (TPSA) is 111 Å². The number of benzene rings is 1. The summed E-state index contributed by atoms with van der Waals surface area (Å²) in [5.41, 5.74) is -0.326. The molecule has 0 bridgehead atoms. The minimum atomic E-state index is -0.876. The van der Waals surface area contributed by atoms with Gasteiger partial charge in [-0.15, -0.1) is 0 Å². The first kappa shape index (κ1) is 23.7. The SMILES string of the molecule is CN1CCC(C#N)(NC(=O)C(CCCC(C)(C)C)Nc2nc(=O)oc3ccccc23)CC1. The van der Waals surface area contributed by atoms with E-state index in [1.807, 2.05) is 13.1 Å². The molecule has 1 unspecified atom stereocenters. The molecule has 8 nitrogen and oxygen atoms in total. The third-order valence-corrected chi connectivity index (χ3v) is 6.01. The van der Waals surface area contributed by atoms with Crippen molar-refractivity contribution in [1.82, 2.24) is 15.2 Å². The number of rotatable bonds is 7. The van der Waals surface area contributed by atoms with Gasteiger partial charge in [-0.1, -0.05) is 39.3 Å². The van der Waals surface area contributed by atoms with Gasteiger partial charge in [-0.25, -0.2) is 4.79 Å². The van der Waals surface area contributed by atoms with E-state index >= 15 is 0 Å². The zero-order chi connectivity index (χ0) is 23.4. The number of hydrogen-bond acceptors (Lipinski definition) is 7. The number of anilines is 1. The second-order valence-electron chi connectivity index (χ2n) is 9.96. The number of fused-ring (bicyclic) bond motifs is 1. The second kappa shape index (κ2) is 9.70. The van der Waals surface area contributed by atoms with E-state index in [9.17, 15) is 14.9 Å². The van der Waals surface area contributed by atoms with Crippen molar-refractivity contribution in [2.24, 2.45) is 5.41 Å². The molecule has 0 saturated carbocycles. The molecule has 8 heteroatoms. The van der Waals surface area contributed by atoms with Crippen LogP contribution in [0.15, 0.2) is 33.5 Å². The number of nitrogens with zero attached hydrogens (tertiary/aromatic N) is 3. The summed E-state index contributed by atoms with van der Waals surface area (Å²) in [4.78, 5) is 31.5. The van der Waals surface area contributed by atoms with Crippen molar-refractivity contribution < 1.29 is 9.21 Å². The Morgan fingerprint density at radius 2 is 2.00 bits per heavy atom. The quantitative estimate of drug-likeness (QED) is 0.681. The predicted octanol–water partition coefficient (Wildman–Crippen LogP) is 3.29. The molecule has 1 aromatic heterocycles. The van der Waals surface area contributed by atoms with Gasteiger partial charge in [0.1, 0.15) is 23.0 Å². The van der Waals surface area contributed by atoms with E-state index in [4.69, 9.17) is 4.42 Å². The van der Waals surface area contributed by atoms with E-state index in [-0.39, 0.29) is 11.3 Å². The number of aromatic nitrogens is 1. The molecular weight excluding hydrogens is 406 g/mol. The maximum absolute atomic E-state index is 13.4. The van der Waals surface area contributed by atoms with Crippen LogP contribution < -0.4 is 16.4 Å². The fourth-order valence-corrected chi connectivity index (χ4v) is 3.99. The van der Waals surface area contributed by atoms with Crippen molar-refractivity contribution >= 4 is 22.7 Å². The monoisotopic (exact) mass is 439 g/mol. The van der Waals surface area contributed by atoms with Gasteiger partial charge in [0.05, 0.1) is 11.5 Å². The molecule has 32 heavy (non-hydrogen) atoms. The summed E-state index contributed by atoms with van der Waals surface area (Å²) < 4.78 is 5.18. The normalized spacial score (nSPS) is 17.5.